The number of likely N-dealkylation sites (tertiary alicyclic amines) is 1. The summed E-state index contributed by atoms with van der Waals surface area (Å²) in [4.78, 5) is 38.7. The van der Waals surface area contributed by atoms with Gasteiger partial charge in [0.05, 0.1) is 13.0 Å². The average Bonchev–Trinajstić information content (AvgIpc) is 2.95. The highest BCUT2D eigenvalue weighted by molar-refractivity contribution is 5.90. The third kappa shape index (κ3) is 4.95. The van der Waals surface area contributed by atoms with Gasteiger partial charge in [0, 0.05) is 26.1 Å². The van der Waals surface area contributed by atoms with E-state index in [4.69, 9.17) is 9.84 Å². The summed E-state index contributed by atoms with van der Waals surface area (Å²) in [5.41, 5.74) is 0.957. The molecule has 1 aliphatic heterocycles. The van der Waals surface area contributed by atoms with E-state index in [1.54, 1.807) is 12.0 Å². The van der Waals surface area contributed by atoms with Crippen molar-refractivity contribution in [2.24, 2.45) is 5.92 Å². The standard InChI is InChI=1S/C18H24N2O5/c1-3-8-19(12-17(22)23)18(24)14-9-16(21)20(11-14)10-13-4-6-15(25-2)7-5-13/h4-7,14H,3,8-12H2,1-2H3,(H,22,23). The Morgan fingerprint density at radius 2 is 2.00 bits per heavy atom. The highest BCUT2D eigenvalue weighted by Crippen LogP contribution is 2.23. The highest BCUT2D eigenvalue weighted by Gasteiger charge is 2.36. The monoisotopic (exact) mass is 348 g/mol. The fourth-order valence-electron chi connectivity index (χ4n) is 3.00. The van der Waals surface area contributed by atoms with Crippen LogP contribution in [0.4, 0.5) is 0 Å². The summed E-state index contributed by atoms with van der Waals surface area (Å²) in [7, 11) is 1.59. The van der Waals surface area contributed by atoms with Crippen LogP contribution >= 0.6 is 0 Å². The molecule has 0 spiro atoms. The van der Waals surface area contributed by atoms with E-state index in [1.165, 1.54) is 4.90 Å². The Labute approximate surface area is 147 Å². The van der Waals surface area contributed by atoms with Crippen LogP contribution in [0.3, 0.4) is 0 Å². The van der Waals surface area contributed by atoms with E-state index in [-0.39, 0.29) is 24.8 Å². The molecule has 7 heteroatoms. The van der Waals surface area contributed by atoms with E-state index in [0.717, 1.165) is 11.3 Å². The van der Waals surface area contributed by atoms with E-state index >= 15 is 0 Å². The van der Waals surface area contributed by atoms with Crippen LogP contribution in [0.1, 0.15) is 25.3 Å². The third-order valence-electron chi connectivity index (χ3n) is 4.23. The molecule has 0 aromatic heterocycles. The Bertz CT molecular complexity index is 629. The van der Waals surface area contributed by atoms with Gasteiger partial charge in [0.2, 0.25) is 11.8 Å². The first-order valence-corrected chi connectivity index (χ1v) is 8.35. The summed E-state index contributed by atoms with van der Waals surface area (Å²) in [6, 6.07) is 7.42. The zero-order chi connectivity index (χ0) is 18.4. The number of amides is 2. The second kappa shape index (κ2) is 8.50. The lowest BCUT2D eigenvalue weighted by Gasteiger charge is -2.23. The molecule has 2 amide bonds. The molecule has 1 aliphatic rings. The number of carbonyl (C=O) groups is 3. The lowest BCUT2D eigenvalue weighted by Crippen LogP contribution is -2.41. The molecule has 1 heterocycles. The predicted molar refractivity (Wildman–Crippen MR) is 91.0 cm³/mol. The molecule has 1 aromatic rings. The van der Waals surface area contributed by atoms with Crippen LogP contribution < -0.4 is 4.74 Å². The highest BCUT2D eigenvalue weighted by atomic mass is 16.5. The molecule has 0 saturated carbocycles. The predicted octanol–water partition coefficient (Wildman–Crippen LogP) is 1.37. The van der Waals surface area contributed by atoms with E-state index < -0.39 is 11.9 Å². The van der Waals surface area contributed by atoms with Crippen LogP contribution in [0.5, 0.6) is 5.75 Å². The van der Waals surface area contributed by atoms with Crippen molar-refractivity contribution in [3.8, 4) is 5.75 Å². The SMILES string of the molecule is CCCN(CC(=O)O)C(=O)C1CC(=O)N(Cc2ccc(OC)cc2)C1. The molecular formula is C18H24N2O5. The summed E-state index contributed by atoms with van der Waals surface area (Å²) >= 11 is 0. The van der Waals surface area contributed by atoms with Crippen molar-refractivity contribution in [2.75, 3.05) is 26.7 Å². The molecular weight excluding hydrogens is 324 g/mol. The summed E-state index contributed by atoms with van der Waals surface area (Å²) in [5.74, 6) is -1.11. The molecule has 1 unspecified atom stereocenters. The van der Waals surface area contributed by atoms with Crippen molar-refractivity contribution >= 4 is 17.8 Å². The van der Waals surface area contributed by atoms with Crippen LogP contribution in [0.25, 0.3) is 0 Å². The van der Waals surface area contributed by atoms with Gasteiger partial charge in [-0.25, -0.2) is 0 Å². The van der Waals surface area contributed by atoms with E-state index in [1.807, 2.05) is 31.2 Å². The van der Waals surface area contributed by atoms with E-state index in [0.29, 0.717) is 26.1 Å². The molecule has 1 saturated heterocycles. The summed E-state index contributed by atoms with van der Waals surface area (Å²) in [6.45, 7) is 2.70. The summed E-state index contributed by atoms with van der Waals surface area (Å²) in [5, 5.41) is 8.96. The van der Waals surface area contributed by atoms with Crippen molar-refractivity contribution in [1.82, 2.24) is 9.80 Å². The van der Waals surface area contributed by atoms with Crippen molar-refractivity contribution in [3.63, 3.8) is 0 Å². The third-order valence-corrected chi connectivity index (χ3v) is 4.23. The molecule has 2 rings (SSSR count). The molecule has 1 aromatic carbocycles. The summed E-state index contributed by atoms with van der Waals surface area (Å²) < 4.78 is 5.11. The number of hydrogen-bond acceptors (Lipinski definition) is 4. The molecule has 0 radical (unpaired) electrons. The zero-order valence-electron chi connectivity index (χ0n) is 14.6. The van der Waals surface area contributed by atoms with Crippen LogP contribution in [0.15, 0.2) is 24.3 Å². The number of rotatable bonds is 8. The normalized spacial score (nSPS) is 16.8. The first-order valence-electron chi connectivity index (χ1n) is 8.35. The number of carboxylic acids is 1. The molecule has 1 atom stereocenters. The van der Waals surface area contributed by atoms with Crippen molar-refractivity contribution < 1.29 is 24.2 Å². The molecule has 25 heavy (non-hydrogen) atoms. The number of methoxy groups -OCH3 is 1. The second-order valence-electron chi connectivity index (χ2n) is 6.18. The Morgan fingerprint density at radius 1 is 1.32 bits per heavy atom. The van der Waals surface area contributed by atoms with Gasteiger partial charge in [0.1, 0.15) is 12.3 Å². The first kappa shape index (κ1) is 18.8. The quantitative estimate of drug-likeness (QED) is 0.767. The fraction of sp³-hybridized carbons (Fsp3) is 0.500. The number of carbonyl (C=O) groups excluding carboxylic acids is 2. The number of benzene rings is 1. The Hall–Kier alpha value is -2.57. The van der Waals surface area contributed by atoms with Crippen molar-refractivity contribution in [1.29, 1.82) is 0 Å². The maximum Gasteiger partial charge on any atom is 0.323 e. The van der Waals surface area contributed by atoms with Gasteiger partial charge in [0.15, 0.2) is 0 Å². The Balaban J connectivity index is 1.99. The largest absolute Gasteiger partial charge is 0.497 e. The Morgan fingerprint density at radius 3 is 2.56 bits per heavy atom. The molecule has 1 N–H and O–H groups in total. The lowest BCUT2D eigenvalue weighted by atomic mass is 10.1. The molecule has 0 bridgehead atoms. The Kier molecular flexibility index (Phi) is 6.38. The zero-order valence-corrected chi connectivity index (χ0v) is 14.6. The topological polar surface area (TPSA) is 87.2 Å². The van der Waals surface area contributed by atoms with Crippen LogP contribution in [-0.2, 0) is 20.9 Å². The molecule has 7 nitrogen and oxygen atoms in total. The van der Waals surface area contributed by atoms with Gasteiger partial charge in [-0.1, -0.05) is 19.1 Å². The molecule has 1 fully saturated rings. The van der Waals surface area contributed by atoms with Gasteiger partial charge in [-0.2, -0.15) is 0 Å². The number of nitrogens with zero attached hydrogens (tertiary/aromatic N) is 2. The van der Waals surface area contributed by atoms with Gasteiger partial charge in [0.25, 0.3) is 0 Å². The number of hydrogen-bond donors (Lipinski definition) is 1. The van der Waals surface area contributed by atoms with Crippen molar-refractivity contribution in [3.05, 3.63) is 29.8 Å². The van der Waals surface area contributed by atoms with E-state index in [2.05, 4.69) is 0 Å². The van der Waals surface area contributed by atoms with Gasteiger partial charge in [-0.15, -0.1) is 0 Å². The minimum atomic E-state index is -1.04. The van der Waals surface area contributed by atoms with E-state index in [9.17, 15) is 14.4 Å². The number of carboxylic acid groups (broad SMARTS) is 1. The molecule has 0 aliphatic carbocycles. The van der Waals surface area contributed by atoms with Crippen LogP contribution in [0, 0.1) is 5.92 Å². The molecule has 136 valence electrons. The van der Waals surface area contributed by atoms with Crippen LogP contribution in [0.2, 0.25) is 0 Å². The van der Waals surface area contributed by atoms with Gasteiger partial charge in [-0.05, 0) is 24.1 Å². The lowest BCUT2D eigenvalue weighted by molar-refractivity contribution is -0.146. The fourth-order valence-corrected chi connectivity index (χ4v) is 3.00. The van der Waals surface area contributed by atoms with Gasteiger partial charge < -0.3 is 19.6 Å². The van der Waals surface area contributed by atoms with Gasteiger partial charge in [-0.3, -0.25) is 14.4 Å². The number of ether oxygens (including phenoxy) is 1. The smallest absolute Gasteiger partial charge is 0.323 e. The average molecular weight is 348 g/mol. The minimum absolute atomic E-state index is 0.0825. The van der Waals surface area contributed by atoms with Crippen molar-refractivity contribution in [2.45, 2.75) is 26.3 Å². The second-order valence-corrected chi connectivity index (χ2v) is 6.18. The summed E-state index contributed by atoms with van der Waals surface area (Å²) in [6.07, 6.45) is 0.810. The number of aliphatic carboxylic acids is 1. The van der Waals surface area contributed by atoms with Crippen LogP contribution in [-0.4, -0.2) is 59.4 Å². The maximum absolute atomic E-state index is 12.6. The first-order chi connectivity index (χ1) is 11.9. The maximum atomic E-state index is 12.6. The van der Waals surface area contributed by atoms with Gasteiger partial charge >= 0.3 is 5.97 Å². The minimum Gasteiger partial charge on any atom is -0.497 e.